The summed E-state index contributed by atoms with van der Waals surface area (Å²) < 4.78 is 0. The monoisotopic (exact) mass is 251 g/mol. The third-order valence-corrected chi connectivity index (χ3v) is 4.55. The van der Waals surface area contributed by atoms with E-state index in [9.17, 15) is 4.79 Å². The summed E-state index contributed by atoms with van der Waals surface area (Å²) in [7, 11) is 1.89. The van der Waals surface area contributed by atoms with Crippen molar-refractivity contribution in [3.05, 3.63) is 10.4 Å². The van der Waals surface area contributed by atoms with E-state index >= 15 is 0 Å². The molecule has 2 aliphatic carbocycles. The van der Waals surface area contributed by atoms with Crippen LogP contribution in [-0.2, 0) is 0 Å². The van der Waals surface area contributed by atoms with Crippen molar-refractivity contribution in [2.45, 2.75) is 37.6 Å². The van der Waals surface area contributed by atoms with Crippen LogP contribution in [0.15, 0.2) is 0 Å². The molecule has 0 radical (unpaired) electrons. The van der Waals surface area contributed by atoms with Gasteiger partial charge in [-0.1, -0.05) is 0 Å². The number of nitrogens with one attached hydrogen (secondary N) is 2. The molecule has 2 fully saturated rings. The second-order valence-electron chi connectivity index (χ2n) is 4.86. The SMILES string of the molecule is CNc1sc(C(=O)NC2CC2)c(N)c1C1CC1. The van der Waals surface area contributed by atoms with Crippen molar-refractivity contribution in [3.8, 4) is 0 Å². The van der Waals surface area contributed by atoms with Gasteiger partial charge in [-0.15, -0.1) is 11.3 Å². The summed E-state index contributed by atoms with van der Waals surface area (Å²) in [5, 5.41) is 7.22. The zero-order valence-electron chi connectivity index (χ0n) is 9.88. The highest BCUT2D eigenvalue weighted by atomic mass is 32.1. The third-order valence-electron chi connectivity index (χ3n) is 3.32. The Balaban J connectivity index is 1.89. The summed E-state index contributed by atoms with van der Waals surface area (Å²) in [5.41, 5.74) is 7.99. The first-order valence-electron chi connectivity index (χ1n) is 6.11. The van der Waals surface area contributed by atoms with Crippen molar-refractivity contribution in [2.24, 2.45) is 0 Å². The zero-order chi connectivity index (χ0) is 12.0. The maximum atomic E-state index is 12.0. The average Bonchev–Trinajstić information content (AvgIpc) is 3.19. The van der Waals surface area contributed by atoms with E-state index in [1.165, 1.54) is 29.7 Å². The number of hydrogen-bond acceptors (Lipinski definition) is 4. The lowest BCUT2D eigenvalue weighted by molar-refractivity contribution is 0.0956. The molecule has 4 nitrogen and oxygen atoms in total. The number of thiophene rings is 1. The Hall–Kier alpha value is -1.23. The maximum absolute atomic E-state index is 12.0. The Kier molecular flexibility index (Phi) is 2.50. The van der Waals surface area contributed by atoms with E-state index in [1.54, 1.807) is 0 Å². The molecule has 0 spiro atoms. The fourth-order valence-electron chi connectivity index (χ4n) is 2.07. The van der Waals surface area contributed by atoms with Crippen LogP contribution in [0.3, 0.4) is 0 Å². The molecule has 0 atom stereocenters. The van der Waals surface area contributed by atoms with Gasteiger partial charge < -0.3 is 16.4 Å². The van der Waals surface area contributed by atoms with Crippen LogP contribution in [0.25, 0.3) is 0 Å². The summed E-state index contributed by atoms with van der Waals surface area (Å²) in [6.07, 6.45) is 4.59. The topological polar surface area (TPSA) is 67.2 Å². The molecule has 1 amide bonds. The van der Waals surface area contributed by atoms with E-state index in [4.69, 9.17) is 5.73 Å². The lowest BCUT2D eigenvalue weighted by Crippen LogP contribution is -2.25. The molecule has 0 saturated heterocycles. The quantitative estimate of drug-likeness (QED) is 0.768. The molecule has 0 bridgehead atoms. The molecule has 2 aliphatic rings. The van der Waals surface area contributed by atoms with Gasteiger partial charge in [-0.25, -0.2) is 0 Å². The number of hydrogen-bond donors (Lipinski definition) is 3. The maximum Gasteiger partial charge on any atom is 0.263 e. The highest BCUT2D eigenvalue weighted by Gasteiger charge is 2.33. The van der Waals surface area contributed by atoms with E-state index in [0.29, 0.717) is 22.5 Å². The minimum Gasteiger partial charge on any atom is -0.397 e. The zero-order valence-corrected chi connectivity index (χ0v) is 10.7. The van der Waals surface area contributed by atoms with Gasteiger partial charge in [0.25, 0.3) is 5.91 Å². The summed E-state index contributed by atoms with van der Waals surface area (Å²) in [6, 6.07) is 0.381. The summed E-state index contributed by atoms with van der Waals surface area (Å²) in [4.78, 5) is 12.7. The molecule has 1 aromatic heterocycles. The normalized spacial score (nSPS) is 19.1. The molecule has 1 heterocycles. The molecule has 92 valence electrons. The number of carbonyl (C=O) groups is 1. The molecule has 0 aromatic carbocycles. The van der Waals surface area contributed by atoms with Gasteiger partial charge in [0.05, 0.1) is 10.7 Å². The van der Waals surface area contributed by atoms with Crippen LogP contribution in [0.5, 0.6) is 0 Å². The smallest absolute Gasteiger partial charge is 0.263 e. The highest BCUT2D eigenvalue weighted by Crippen LogP contribution is 2.50. The van der Waals surface area contributed by atoms with Gasteiger partial charge in [0, 0.05) is 18.7 Å². The van der Waals surface area contributed by atoms with Gasteiger partial charge >= 0.3 is 0 Å². The fraction of sp³-hybridized carbons (Fsp3) is 0.583. The number of carbonyl (C=O) groups excluding carboxylic acids is 1. The van der Waals surface area contributed by atoms with Crippen molar-refractivity contribution in [1.82, 2.24) is 5.32 Å². The molecule has 4 N–H and O–H groups in total. The predicted octanol–water partition coefficient (Wildman–Crippen LogP) is 2.14. The first-order valence-corrected chi connectivity index (χ1v) is 6.93. The van der Waals surface area contributed by atoms with Gasteiger partial charge in [0.1, 0.15) is 4.88 Å². The van der Waals surface area contributed by atoms with Crippen molar-refractivity contribution in [1.29, 1.82) is 0 Å². The number of anilines is 2. The first-order chi connectivity index (χ1) is 8.20. The van der Waals surface area contributed by atoms with Crippen LogP contribution >= 0.6 is 11.3 Å². The number of nitrogen functional groups attached to an aromatic ring is 1. The second-order valence-corrected chi connectivity index (χ2v) is 5.88. The largest absolute Gasteiger partial charge is 0.397 e. The van der Waals surface area contributed by atoms with Gasteiger partial charge in [0.2, 0.25) is 0 Å². The lowest BCUT2D eigenvalue weighted by Gasteiger charge is -2.03. The Morgan fingerprint density at radius 1 is 1.35 bits per heavy atom. The molecule has 5 heteroatoms. The van der Waals surface area contributed by atoms with Gasteiger partial charge in [-0.2, -0.15) is 0 Å². The van der Waals surface area contributed by atoms with Crippen LogP contribution in [0.1, 0.15) is 46.8 Å². The first kappa shape index (κ1) is 10.9. The fourth-order valence-corrected chi connectivity index (χ4v) is 3.13. The molecule has 3 rings (SSSR count). The molecule has 0 aliphatic heterocycles. The Labute approximate surface area is 105 Å². The molecular weight excluding hydrogens is 234 g/mol. The Morgan fingerprint density at radius 2 is 2.06 bits per heavy atom. The van der Waals surface area contributed by atoms with E-state index < -0.39 is 0 Å². The highest BCUT2D eigenvalue weighted by molar-refractivity contribution is 7.18. The van der Waals surface area contributed by atoms with Crippen molar-refractivity contribution < 1.29 is 4.79 Å². The molecular formula is C12H17N3OS. The summed E-state index contributed by atoms with van der Waals surface area (Å²) >= 11 is 1.48. The summed E-state index contributed by atoms with van der Waals surface area (Å²) in [6.45, 7) is 0. The summed E-state index contributed by atoms with van der Waals surface area (Å²) in [5.74, 6) is 0.564. The van der Waals surface area contributed by atoms with Gasteiger partial charge in [-0.05, 0) is 31.6 Å². The molecule has 17 heavy (non-hydrogen) atoms. The molecule has 2 saturated carbocycles. The number of nitrogens with two attached hydrogens (primary N) is 1. The third kappa shape index (κ3) is 1.99. The van der Waals surface area contributed by atoms with Gasteiger partial charge in [0.15, 0.2) is 0 Å². The van der Waals surface area contributed by atoms with Gasteiger partial charge in [-0.3, -0.25) is 4.79 Å². The van der Waals surface area contributed by atoms with E-state index in [2.05, 4.69) is 10.6 Å². The van der Waals surface area contributed by atoms with E-state index in [-0.39, 0.29) is 5.91 Å². The molecule has 1 aromatic rings. The minimum atomic E-state index is -0.00148. The van der Waals surface area contributed by atoms with Crippen molar-refractivity contribution >= 4 is 27.9 Å². The predicted molar refractivity (Wildman–Crippen MR) is 70.7 cm³/mol. The standard InChI is InChI=1S/C12H17N3OS/c1-14-12-8(6-2-3-6)9(13)10(17-12)11(16)15-7-4-5-7/h6-7,14H,2-5,13H2,1H3,(H,15,16). The molecule has 0 unspecified atom stereocenters. The Morgan fingerprint density at radius 3 is 2.59 bits per heavy atom. The second kappa shape index (κ2) is 3.91. The van der Waals surface area contributed by atoms with Crippen molar-refractivity contribution in [3.63, 3.8) is 0 Å². The Bertz CT molecular complexity index is 461. The minimum absolute atomic E-state index is 0.00148. The van der Waals surface area contributed by atoms with E-state index in [0.717, 1.165) is 17.8 Å². The van der Waals surface area contributed by atoms with Crippen LogP contribution in [-0.4, -0.2) is 19.0 Å². The number of amides is 1. The lowest BCUT2D eigenvalue weighted by atomic mass is 10.1. The van der Waals surface area contributed by atoms with Crippen LogP contribution in [0.2, 0.25) is 0 Å². The average molecular weight is 251 g/mol. The number of rotatable bonds is 4. The van der Waals surface area contributed by atoms with Crippen molar-refractivity contribution in [2.75, 3.05) is 18.1 Å². The van der Waals surface area contributed by atoms with Crippen LogP contribution in [0, 0.1) is 0 Å². The van der Waals surface area contributed by atoms with E-state index in [1.807, 2.05) is 7.05 Å². The van der Waals surface area contributed by atoms with Crippen LogP contribution < -0.4 is 16.4 Å². The van der Waals surface area contributed by atoms with Crippen LogP contribution in [0.4, 0.5) is 10.7 Å².